The Hall–Kier alpha value is -2.28. The highest BCUT2D eigenvalue weighted by Crippen LogP contribution is 2.13. The van der Waals surface area contributed by atoms with Crippen LogP contribution in [0.2, 0.25) is 0 Å². The fourth-order valence-electron chi connectivity index (χ4n) is 2.63. The molecule has 1 N–H and O–H groups in total. The quantitative estimate of drug-likeness (QED) is 0.396. The van der Waals surface area contributed by atoms with Gasteiger partial charge in [0.15, 0.2) is 0 Å². The Kier molecular flexibility index (Phi) is 8.21. The van der Waals surface area contributed by atoms with Crippen molar-refractivity contribution in [2.45, 2.75) is 25.3 Å². The van der Waals surface area contributed by atoms with Crippen LogP contribution in [0.1, 0.15) is 19.3 Å². The van der Waals surface area contributed by atoms with Gasteiger partial charge in [0.25, 0.3) is 0 Å². The predicted molar refractivity (Wildman–Crippen MR) is 96.0 cm³/mol. The van der Waals surface area contributed by atoms with Gasteiger partial charge in [-0.2, -0.15) is 0 Å². The van der Waals surface area contributed by atoms with E-state index in [0.717, 1.165) is 0 Å². The number of hydrogen-bond donors (Lipinski definition) is 1. The van der Waals surface area contributed by atoms with Crippen molar-refractivity contribution in [2.75, 3.05) is 32.2 Å². The number of para-hydroxylation sites is 1. The molecule has 2 rings (SSSR count). The maximum Gasteiger partial charge on any atom is 0.308 e. The van der Waals surface area contributed by atoms with Crippen LogP contribution in [0.25, 0.3) is 0 Å². The normalized spacial score (nSPS) is 16.7. The van der Waals surface area contributed by atoms with Gasteiger partial charge in [-0.1, -0.05) is 18.2 Å². The second-order valence-electron chi connectivity index (χ2n) is 5.77. The Labute approximate surface area is 157 Å². The van der Waals surface area contributed by atoms with Crippen molar-refractivity contribution < 1.29 is 23.9 Å². The molecule has 1 atom stereocenters. The number of nitrogens with one attached hydrogen (secondary N) is 1. The third kappa shape index (κ3) is 6.22. The Morgan fingerprint density at radius 3 is 2.73 bits per heavy atom. The zero-order valence-electron chi connectivity index (χ0n) is 14.5. The Morgan fingerprint density at radius 2 is 2.00 bits per heavy atom. The second kappa shape index (κ2) is 10.7. The van der Waals surface area contributed by atoms with Crippen molar-refractivity contribution in [1.82, 2.24) is 10.2 Å². The lowest BCUT2D eigenvalue weighted by Crippen LogP contribution is -2.57. The van der Waals surface area contributed by atoms with E-state index in [1.807, 2.05) is 18.2 Å². The van der Waals surface area contributed by atoms with E-state index in [9.17, 15) is 14.4 Å². The van der Waals surface area contributed by atoms with E-state index >= 15 is 0 Å². The zero-order chi connectivity index (χ0) is 18.8. The molecule has 0 aliphatic carbocycles. The van der Waals surface area contributed by atoms with Gasteiger partial charge in [-0.05, 0) is 18.6 Å². The molecule has 1 aromatic rings. The summed E-state index contributed by atoms with van der Waals surface area (Å²) in [7, 11) is 0. The first-order valence-electron chi connectivity index (χ1n) is 8.58. The van der Waals surface area contributed by atoms with Crippen LogP contribution in [0, 0.1) is 0 Å². The van der Waals surface area contributed by atoms with Crippen LogP contribution in [0.4, 0.5) is 0 Å². The summed E-state index contributed by atoms with van der Waals surface area (Å²) in [6.07, 6.45) is 0.615. The van der Waals surface area contributed by atoms with Crippen molar-refractivity contribution >= 4 is 29.4 Å². The Bertz CT molecular complexity index is 611. The van der Waals surface area contributed by atoms with Crippen LogP contribution in [0.15, 0.2) is 30.3 Å². The van der Waals surface area contributed by atoms with E-state index in [1.54, 1.807) is 12.1 Å². The SMILES string of the molecule is O=C(CC1C(=O)NCCN1C(=O)CCCCl)OCCOc1ccccc1. The van der Waals surface area contributed by atoms with Gasteiger partial charge in [0.05, 0.1) is 6.42 Å². The number of esters is 1. The third-order valence-corrected chi connectivity index (χ3v) is 4.16. The Balaban J connectivity index is 1.78. The molecule has 1 heterocycles. The number of hydrogen-bond acceptors (Lipinski definition) is 5. The van der Waals surface area contributed by atoms with Crippen molar-refractivity contribution in [1.29, 1.82) is 0 Å². The van der Waals surface area contributed by atoms with Gasteiger partial charge < -0.3 is 19.7 Å². The number of halogens is 1. The number of piperazine rings is 1. The van der Waals surface area contributed by atoms with Crippen molar-refractivity contribution in [2.24, 2.45) is 0 Å². The minimum atomic E-state index is -0.839. The summed E-state index contributed by atoms with van der Waals surface area (Å²) in [5.41, 5.74) is 0. The number of benzene rings is 1. The fraction of sp³-hybridized carbons (Fsp3) is 0.500. The van der Waals surface area contributed by atoms with Gasteiger partial charge in [0, 0.05) is 25.4 Å². The third-order valence-electron chi connectivity index (χ3n) is 3.89. The fourth-order valence-corrected chi connectivity index (χ4v) is 2.76. The summed E-state index contributed by atoms with van der Waals surface area (Å²) >= 11 is 5.61. The average Bonchev–Trinajstić information content (AvgIpc) is 2.65. The number of carbonyl (C=O) groups is 3. The van der Waals surface area contributed by atoms with E-state index < -0.39 is 12.0 Å². The molecule has 2 amide bonds. The van der Waals surface area contributed by atoms with Gasteiger partial charge in [-0.3, -0.25) is 14.4 Å². The molecule has 1 fully saturated rings. The highest BCUT2D eigenvalue weighted by Gasteiger charge is 2.34. The van der Waals surface area contributed by atoms with Gasteiger partial charge in [-0.25, -0.2) is 0 Å². The first kappa shape index (κ1) is 20.0. The topological polar surface area (TPSA) is 84.9 Å². The molecule has 1 aromatic carbocycles. The second-order valence-corrected chi connectivity index (χ2v) is 6.15. The predicted octanol–water partition coefficient (Wildman–Crippen LogP) is 1.34. The number of carbonyl (C=O) groups excluding carboxylic acids is 3. The number of ether oxygens (including phenoxy) is 2. The molecule has 142 valence electrons. The van der Waals surface area contributed by atoms with Crippen molar-refractivity contribution in [3.8, 4) is 5.75 Å². The molecule has 0 spiro atoms. The number of rotatable bonds is 9. The first-order valence-corrected chi connectivity index (χ1v) is 9.12. The smallest absolute Gasteiger partial charge is 0.308 e. The van der Waals surface area contributed by atoms with Crippen molar-refractivity contribution in [3.05, 3.63) is 30.3 Å². The zero-order valence-corrected chi connectivity index (χ0v) is 15.2. The number of amides is 2. The highest BCUT2D eigenvalue weighted by atomic mass is 35.5. The maximum absolute atomic E-state index is 12.2. The van der Waals surface area contributed by atoms with Gasteiger partial charge >= 0.3 is 5.97 Å². The van der Waals surface area contributed by atoms with E-state index in [4.69, 9.17) is 21.1 Å². The molecule has 1 unspecified atom stereocenters. The molecule has 1 saturated heterocycles. The lowest BCUT2D eigenvalue weighted by Gasteiger charge is -2.34. The van der Waals surface area contributed by atoms with Crippen LogP contribution < -0.4 is 10.1 Å². The van der Waals surface area contributed by atoms with Crippen LogP contribution >= 0.6 is 11.6 Å². The summed E-state index contributed by atoms with van der Waals surface area (Å²) in [5, 5.41) is 2.68. The molecular formula is C18H23ClN2O5. The summed E-state index contributed by atoms with van der Waals surface area (Å²) < 4.78 is 10.6. The molecule has 0 aromatic heterocycles. The summed E-state index contributed by atoms with van der Waals surface area (Å²) in [4.78, 5) is 37.8. The van der Waals surface area contributed by atoms with Gasteiger partial charge in [0.2, 0.25) is 11.8 Å². The molecular weight excluding hydrogens is 360 g/mol. The number of alkyl halides is 1. The highest BCUT2D eigenvalue weighted by molar-refractivity contribution is 6.17. The molecule has 0 radical (unpaired) electrons. The van der Waals surface area contributed by atoms with Crippen LogP contribution in [0.5, 0.6) is 5.75 Å². The van der Waals surface area contributed by atoms with Crippen LogP contribution in [0.3, 0.4) is 0 Å². The molecule has 0 saturated carbocycles. The average molecular weight is 383 g/mol. The number of nitrogens with zero attached hydrogens (tertiary/aromatic N) is 1. The summed E-state index contributed by atoms with van der Waals surface area (Å²) in [6.45, 7) is 1.04. The maximum atomic E-state index is 12.2. The lowest BCUT2D eigenvalue weighted by atomic mass is 10.1. The molecule has 8 heteroatoms. The monoisotopic (exact) mass is 382 g/mol. The lowest BCUT2D eigenvalue weighted by molar-refractivity contribution is -0.152. The molecule has 0 bridgehead atoms. The molecule has 1 aliphatic rings. The Morgan fingerprint density at radius 1 is 1.23 bits per heavy atom. The summed E-state index contributed by atoms with van der Waals surface area (Å²) in [6, 6.07) is 8.34. The van der Waals surface area contributed by atoms with Gasteiger partial charge in [-0.15, -0.1) is 11.6 Å². The van der Waals surface area contributed by atoms with E-state index in [2.05, 4.69) is 5.32 Å². The molecule has 7 nitrogen and oxygen atoms in total. The summed E-state index contributed by atoms with van der Waals surface area (Å²) in [5.74, 6) is 0.00341. The largest absolute Gasteiger partial charge is 0.490 e. The minimum absolute atomic E-state index is 0.0717. The van der Waals surface area contributed by atoms with E-state index in [0.29, 0.717) is 31.1 Å². The minimum Gasteiger partial charge on any atom is -0.490 e. The molecule has 26 heavy (non-hydrogen) atoms. The standard InChI is InChI=1S/C18H23ClN2O5/c19-8-4-7-16(22)21-10-9-20-18(24)15(21)13-17(23)26-12-11-25-14-5-2-1-3-6-14/h1-3,5-6,15H,4,7-13H2,(H,20,24). The van der Waals surface area contributed by atoms with Crippen LogP contribution in [-0.2, 0) is 19.1 Å². The van der Waals surface area contributed by atoms with E-state index in [-0.39, 0.29) is 37.9 Å². The van der Waals surface area contributed by atoms with Gasteiger partial charge in [0.1, 0.15) is 25.0 Å². The first-order chi connectivity index (χ1) is 12.6. The van der Waals surface area contributed by atoms with Crippen LogP contribution in [-0.4, -0.2) is 60.9 Å². The molecule has 1 aliphatic heterocycles. The van der Waals surface area contributed by atoms with Crippen molar-refractivity contribution in [3.63, 3.8) is 0 Å². The van der Waals surface area contributed by atoms with E-state index in [1.165, 1.54) is 4.90 Å².